The molecule has 0 saturated heterocycles. The van der Waals surface area contributed by atoms with Gasteiger partial charge in [0.2, 0.25) is 0 Å². The minimum Gasteiger partial charge on any atom is -0.290 e. The molecule has 0 heterocycles. The lowest BCUT2D eigenvalue weighted by molar-refractivity contribution is -0.262. The molecular weight excluding hydrogens is 571 g/mol. The van der Waals surface area contributed by atoms with Crippen LogP contribution in [0.4, 0.5) is 0 Å². The minimum absolute atomic E-state index is 0.0914. The molecule has 0 N–H and O–H groups in total. The monoisotopic (exact) mass is 619 g/mol. The van der Waals surface area contributed by atoms with Gasteiger partial charge in [-0.15, -0.1) is 0 Å². The Morgan fingerprint density at radius 2 is 1.11 bits per heavy atom. The molecule has 1 aliphatic rings. The zero-order chi connectivity index (χ0) is 33.2. The van der Waals surface area contributed by atoms with Crippen molar-refractivity contribution in [1.82, 2.24) is 5.06 Å². The Kier molecular flexibility index (Phi) is 11.4. The molecule has 0 saturated carbocycles. The van der Waals surface area contributed by atoms with Crippen molar-refractivity contribution in [1.29, 1.82) is 0 Å². The standard InChI is InChI=1S/C45H49NO/c1-34(2)44(41-26-17-10-18-27-41)46(45(4,5)6)47-35(3)36-28-19-29-40(31-30-36)43(39-24-15-9-16-25-39)33-32-42(37-20-11-7-12-21-37)38-22-13-8-14-23-38/h7-27,29-35,44H,28H2,1-6H3. The Labute approximate surface area is 283 Å². The Hall–Kier alpha value is -4.50. The first-order chi connectivity index (χ1) is 22.7. The van der Waals surface area contributed by atoms with Crippen LogP contribution in [0.3, 0.4) is 0 Å². The summed E-state index contributed by atoms with van der Waals surface area (Å²) in [7, 11) is 0. The number of hydrogen-bond acceptors (Lipinski definition) is 2. The molecule has 0 aliphatic heterocycles. The summed E-state index contributed by atoms with van der Waals surface area (Å²) in [6.45, 7) is 13.4. The SMILES string of the molecule is CC(ON(C(c1ccccc1)C(C)C)C(C)(C)C)C1=CC=C(C(=CC=C(c2ccccc2)c2ccccc2)c2ccccc2)C=CC1. The number of rotatable bonds is 11. The molecule has 2 heteroatoms. The van der Waals surface area contributed by atoms with Crippen molar-refractivity contribution in [2.24, 2.45) is 5.92 Å². The van der Waals surface area contributed by atoms with E-state index in [4.69, 9.17) is 4.84 Å². The topological polar surface area (TPSA) is 12.5 Å². The maximum absolute atomic E-state index is 6.92. The molecular formula is C45H49NO. The van der Waals surface area contributed by atoms with Crippen LogP contribution in [0.2, 0.25) is 0 Å². The van der Waals surface area contributed by atoms with Gasteiger partial charge in [-0.2, -0.15) is 5.06 Å². The van der Waals surface area contributed by atoms with E-state index < -0.39 is 0 Å². The Morgan fingerprint density at radius 3 is 1.60 bits per heavy atom. The van der Waals surface area contributed by atoms with E-state index >= 15 is 0 Å². The normalized spacial score (nSPS) is 15.1. The first-order valence-electron chi connectivity index (χ1n) is 16.9. The van der Waals surface area contributed by atoms with Crippen molar-refractivity contribution >= 4 is 11.1 Å². The summed E-state index contributed by atoms with van der Waals surface area (Å²) < 4.78 is 0. The van der Waals surface area contributed by atoms with Gasteiger partial charge in [0.05, 0.1) is 12.1 Å². The average Bonchev–Trinajstić information content (AvgIpc) is 3.34. The second-order valence-corrected chi connectivity index (χ2v) is 13.6. The Balaban J connectivity index is 1.50. The quantitative estimate of drug-likeness (QED) is 0.122. The molecule has 2 atom stereocenters. The van der Waals surface area contributed by atoms with Crippen LogP contribution in [-0.2, 0) is 4.84 Å². The predicted octanol–water partition coefficient (Wildman–Crippen LogP) is 11.8. The minimum atomic E-state index is -0.189. The lowest BCUT2D eigenvalue weighted by atomic mass is 9.92. The maximum Gasteiger partial charge on any atom is 0.0981 e. The van der Waals surface area contributed by atoms with Gasteiger partial charge in [0.1, 0.15) is 0 Å². The zero-order valence-electron chi connectivity index (χ0n) is 28.8. The van der Waals surface area contributed by atoms with Crippen molar-refractivity contribution < 1.29 is 4.84 Å². The second-order valence-electron chi connectivity index (χ2n) is 13.6. The molecule has 0 amide bonds. The third-order valence-corrected chi connectivity index (χ3v) is 8.59. The molecule has 4 aromatic carbocycles. The van der Waals surface area contributed by atoms with Crippen LogP contribution in [-0.4, -0.2) is 16.7 Å². The maximum atomic E-state index is 6.92. The van der Waals surface area contributed by atoms with Crippen molar-refractivity contribution in [3.05, 3.63) is 191 Å². The summed E-state index contributed by atoms with van der Waals surface area (Å²) in [5.41, 5.74) is 9.45. The molecule has 2 nitrogen and oxygen atoms in total. The first kappa shape index (κ1) is 33.9. The van der Waals surface area contributed by atoms with Gasteiger partial charge < -0.3 is 0 Å². The van der Waals surface area contributed by atoms with E-state index in [9.17, 15) is 0 Å². The number of nitrogens with zero attached hydrogens (tertiary/aromatic N) is 1. The Bertz CT molecular complexity index is 1680. The fourth-order valence-corrected chi connectivity index (χ4v) is 6.18. The van der Waals surface area contributed by atoms with Gasteiger partial charge in [-0.3, -0.25) is 4.84 Å². The smallest absolute Gasteiger partial charge is 0.0981 e. The molecule has 5 rings (SSSR count). The second kappa shape index (κ2) is 15.9. The van der Waals surface area contributed by atoms with E-state index in [1.54, 1.807) is 0 Å². The summed E-state index contributed by atoms with van der Waals surface area (Å²) in [6.07, 6.45) is 14.3. The van der Waals surface area contributed by atoms with Crippen molar-refractivity contribution in [2.75, 3.05) is 0 Å². The summed E-state index contributed by atoms with van der Waals surface area (Å²) in [4.78, 5) is 6.92. The largest absolute Gasteiger partial charge is 0.290 e. The Morgan fingerprint density at radius 1 is 0.638 bits per heavy atom. The number of hydroxylamine groups is 2. The molecule has 0 aromatic heterocycles. The van der Waals surface area contributed by atoms with E-state index in [1.807, 2.05) is 0 Å². The molecule has 47 heavy (non-hydrogen) atoms. The van der Waals surface area contributed by atoms with E-state index in [0.29, 0.717) is 5.92 Å². The van der Waals surface area contributed by atoms with E-state index in [1.165, 1.54) is 44.5 Å². The van der Waals surface area contributed by atoms with Crippen LogP contribution in [0, 0.1) is 5.92 Å². The third kappa shape index (κ3) is 8.86. The lowest BCUT2D eigenvalue weighted by Gasteiger charge is -2.44. The van der Waals surface area contributed by atoms with Crippen molar-refractivity contribution in [2.45, 2.75) is 65.6 Å². The molecule has 0 bridgehead atoms. The molecule has 4 aromatic rings. The summed E-state index contributed by atoms with van der Waals surface area (Å²) in [6, 6.07) is 42.8. The fraction of sp³-hybridized carbons (Fsp3) is 0.244. The van der Waals surface area contributed by atoms with Gasteiger partial charge in [0.25, 0.3) is 0 Å². The van der Waals surface area contributed by atoms with Crippen LogP contribution in [0.5, 0.6) is 0 Å². The van der Waals surface area contributed by atoms with Crippen LogP contribution < -0.4 is 0 Å². The highest BCUT2D eigenvalue weighted by Crippen LogP contribution is 2.36. The van der Waals surface area contributed by atoms with Crippen LogP contribution in [0.25, 0.3) is 11.1 Å². The third-order valence-electron chi connectivity index (χ3n) is 8.59. The van der Waals surface area contributed by atoms with Crippen LogP contribution >= 0.6 is 0 Å². The summed E-state index contributed by atoms with van der Waals surface area (Å²) >= 11 is 0. The average molecular weight is 620 g/mol. The van der Waals surface area contributed by atoms with Crippen molar-refractivity contribution in [3.8, 4) is 0 Å². The highest BCUT2D eigenvalue weighted by atomic mass is 16.7. The van der Waals surface area contributed by atoms with Gasteiger partial charge in [0.15, 0.2) is 0 Å². The first-order valence-corrected chi connectivity index (χ1v) is 16.9. The van der Waals surface area contributed by atoms with E-state index in [0.717, 1.165) is 6.42 Å². The van der Waals surface area contributed by atoms with Gasteiger partial charge in [-0.05, 0) is 84.6 Å². The molecule has 0 radical (unpaired) electrons. The molecule has 1 aliphatic carbocycles. The number of allylic oxidation sites excluding steroid dienone is 8. The number of benzene rings is 4. The summed E-state index contributed by atoms with van der Waals surface area (Å²) in [5, 5.41) is 2.23. The van der Waals surface area contributed by atoms with Crippen LogP contribution in [0.1, 0.15) is 76.3 Å². The van der Waals surface area contributed by atoms with Crippen LogP contribution in [0.15, 0.2) is 169 Å². The van der Waals surface area contributed by atoms with Crippen molar-refractivity contribution in [3.63, 3.8) is 0 Å². The van der Waals surface area contributed by atoms with E-state index in [2.05, 4.69) is 204 Å². The highest BCUT2D eigenvalue weighted by molar-refractivity contribution is 5.87. The fourth-order valence-electron chi connectivity index (χ4n) is 6.18. The summed E-state index contributed by atoms with van der Waals surface area (Å²) in [5.74, 6) is 0.376. The van der Waals surface area contributed by atoms with Gasteiger partial charge in [-0.25, -0.2) is 0 Å². The zero-order valence-corrected chi connectivity index (χ0v) is 28.8. The predicted molar refractivity (Wildman–Crippen MR) is 200 cm³/mol. The van der Waals surface area contributed by atoms with E-state index in [-0.39, 0.29) is 17.7 Å². The molecule has 0 fully saturated rings. The van der Waals surface area contributed by atoms with Gasteiger partial charge >= 0.3 is 0 Å². The number of hydrogen-bond donors (Lipinski definition) is 0. The van der Waals surface area contributed by atoms with Gasteiger partial charge in [0, 0.05) is 5.54 Å². The highest BCUT2D eigenvalue weighted by Gasteiger charge is 2.35. The lowest BCUT2D eigenvalue weighted by Crippen LogP contribution is -2.47. The molecule has 2 unspecified atom stereocenters. The van der Waals surface area contributed by atoms with Gasteiger partial charge in [-0.1, -0.05) is 172 Å². The molecule has 0 spiro atoms. The molecule has 240 valence electrons.